The lowest BCUT2D eigenvalue weighted by molar-refractivity contribution is 0.789. The molecular formula is C21H23. The van der Waals surface area contributed by atoms with Crippen LogP contribution in [0.4, 0.5) is 0 Å². The predicted molar refractivity (Wildman–Crippen MR) is 92.2 cm³/mol. The summed E-state index contributed by atoms with van der Waals surface area (Å²) in [5.74, 6) is 0.576. The second-order valence-electron chi connectivity index (χ2n) is 6.21. The largest absolute Gasteiger partial charge is 0.0620 e. The fourth-order valence-electron chi connectivity index (χ4n) is 3.15. The van der Waals surface area contributed by atoms with Gasteiger partial charge in [0.1, 0.15) is 0 Å². The van der Waals surface area contributed by atoms with Gasteiger partial charge in [0, 0.05) is 6.42 Å². The lowest BCUT2D eigenvalue weighted by Gasteiger charge is -2.15. The van der Waals surface area contributed by atoms with Gasteiger partial charge >= 0.3 is 0 Å². The third kappa shape index (κ3) is 2.44. The van der Waals surface area contributed by atoms with Gasteiger partial charge in [-0.15, -0.1) is 0 Å². The highest BCUT2D eigenvalue weighted by atomic mass is 14.2. The summed E-state index contributed by atoms with van der Waals surface area (Å²) < 4.78 is 0. The normalized spacial score (nSPS) is 13.5. The molecule has 107 valence electrons. The number of fused-ring (bicyclic) bond motifs is 1. The first-order valence-corrected chi connectivity index (χ1v) is 7.90. The third-order valence-corrected chi connectivity index (χ3v) is 4.46. The molecule has 0 N–H and O–H groups in total. The molecule has 1 aliphatic carbocycles. The molecule has 0 heteroatoms. The molecule has 0 saturated carbocycles. The molecule has 3 rings (SSSR count). The molecule has 2 aromatic rings. The summed E-state index contributed by atoms with van der Waals surface area (Å²) in [5.41, 5.74) is 9.82. The molecule has 1 aliphatic rings. The summed E-state index contributed by atoms with van der Waals surface area (Å²) in [6, 6.07) is 13.3. The van der Waals surface area contributed by atoms with Crippen molar-refractivity contribution in [2.24, 2.45) is 5.92 Å². The van der Waals surface area contributed by atoms with Crippen LogP contribution in [0.2, 0.25) is 0 Å². The van der Waals surface area contributed by atoms with Crippen molar-refractivity contribution in [2.75, 3.05) is 0 Å². The second kappa shape index (κ2) is 5.52. The molecule has 0 nitrogen and oxygen atoms in total. The summed E-state index contributed by atoms with van der Waals surface area (Å²) >= 11 is 0. The summed E-state index contributed by atoms with van der Waals surface area (Å²) in [5, 5.41) is 0. The van der Waals surface area contributed by atoms with Gasteiger partial charge < -0.3 is 0 Å². The van der Waals surface area contributed by atoms with E-state index in [1.807, 2.05) is 0 Å². The van der Waals surface area contributed by atoms with Gasteiger partial charge in [0.25, 0.3) is 0 Å². The van der Waals surface area contributed by atoms with Crippen molar-refractivity contribution in [3.8, 4) is 11.1 Å². The van der Waals surface area contributed by atoms with Crippen LogP contribution >= 0.6 is 0 Å². The van der Waals surface area contributed by atoms with E-state index in [0.717, 1.165) is 6.42 Å². The van der Waals surface area contributed by atoms with Gasteiger partial charge in [-0.05, 0) is 52.6 Å². The molecule has 21 heavy (non-hydrogen) atoms. The van der Waals surface area contributed by atoms with E-state index in [-0.39, 0.29) is 0 Å². The minimum absolute atomic E-state index is 0.576. The lowest BCUT2D eigenvalue weighted by Crippen LogP contribution is -1.95. The average molecular weight is 275 g/mol. The highest BCUT2D eigenvalue weighted by molar-refractivity contribution is 5.86. The third-order valence-electron chi connectivity index (χ3n) is 4.46. The molecule has 0 aromatic heterocycles. The van der Waals surface area contributed by atoms with Gasteiger partial charge in [0.2, 0.25) is 0 Å². The first-order chi connectivity index (χ1) is 10.1. The Bertz CT molecular complexity index is 702. The van der Waals surface area contributed by atoms with Crippen molar-refractivity contribution < 1.29 is 0 Å². The maximum atomic E-state index is 2.39. The second-order valence-corrected chi connectivity index (χ2v) is 6.21. The van der Waals surface area contributed by atoms with E-state index >= 15 is 0 Å². The van der Waals surface area contributed by atoms with E-state index in [0.29, 0.717) is 5.92 Å². The SMILES string of the molecule is CCc1ccc2c(c1-c1ccccc1C)C=C(C(C)C)[CH]2. The zero-order valence-electron chi connectivity index (χ0n) is 13.4. The van der Waals surface area contributed by atoms with Gasteiger partial charge in [-0.2, -0.15) is 0 Å². The van der Waals surface area contributed by atoms with E-state index in [9.17, 15) is 0 Å². The zero-order valence-corrected chi connectivity index (χ0v) is 13.4. The molecular weight excluding hydrogens is 252 g/mol. The van der Waals surface area contributed by atoms with Crippen LogP contribution < -0.4 is 0 Å². The smallest absolute Gasteiger partial charge is 0.0167 e. The zero-order chi connectivity index (χ0) is 15.0. The molecule has 0 fully saturated rings. The Morgan fingerprint density at radius 3 is 2.43 bits per heavy atom. The number of hydrogen-bond donors (Lipinski definition) is 0. The maximum absolute atomic E-state index is 2.39. The fraction of sp³-hybridized carbons (Fsp3) is 0.286. The van der Waals surface area contributed by atoms with Crippen LogP contribution in [0.25, 0.3) is 17.2 Å². The molecule has 0 heterocycles. The number of hydrogen-bond acceptors (Lipinski definition) is 0. The summed E-state index contributed by atoms with van der Waals surface area (Å²) in [6.07, 6.45) is 5.81. The van der Waals surface area contributed by atoms with E-state index in [1.165, 1.54) is 39.0 Å². The Hall–Kier alpha value is -1.82. The van der Waals surface area contributed by atoms with Gasteiger partial charge in [-0.3, -0.25) is 0 Å². The van der Waals surface area contributed by atoms with Crippen molar-refractivity contribution in [1.82, 2.24) is 0 Å². The molecule has 0 spiro atoms. The first kappa shape index (κ1) is 14.1. The molecule has 0 amide bonds. The number of aryl methyl sites for hydroxylation is 2. The molecule has 0 atom stereocenters. The number of rotatable bonds is 3. The van der Waals surface area contributed by atoms with E-state index < -0.39 is 0 Å². The highest BCUT2D eigenvalue weighted by Crippen LogP contribution is 2.40. The maximum Gasteiger partial charge on any atom is 0.0167 e. The molecule has 0 saturated heterocycles. The van der Waals surface area contributed by atoms with Gasteiger partial charge in [-0.1, -0.05) is 68.8 Å². The number of allylic oxidation sites excluding steroid dienone is 1. The summed E-state index contributed by atoms with van der Waals surface area (Å²) in [4.78, 5) is 0. The van der Waals surface area contributed by atoms with Crippen LogP contribution in [0, 0.1) is 19.3 Å². The molecule has 0 unspecified atom stereocenters. The van der Waals surface area contributed by atoms with Crippen LogP contribution in [0.5, 0.6) is 0 Å². The van der Waals surface area contributed by atoms with Crippen LogP contribution in [0.1, 0.15) is 43.0 Å². The summed E-state index contributed by atoms with van der Waals surface area (Å²) in [6.45, 7) is 8.99. The lowest BCUT2D eigenvalue weighted by atomic mass is 9.89. The van der Waals surface area contributed by atoms with Gasteiger partial charge in [0.15, 0.2) is 0 Å². The Morgan fingerprint density at radius 1 is 1.00 bits per heavy atom. The van der Waals surface area contributed by atoms with Crippen molar-refractivity contribution >= 4 is 6.08 Å². The Balaban J connectivity index is 2.25. The quantitative estimate of drug-likeness (QED) is 0.661. The van der Waals surface area contributed by atoms with Crippen molar-refractivity contribution in [1.29, 1.82) is 0 Å². The summed E-state index contributed by atoms with van der Waals surface area (Å²) in [7, 11) is 0. The Kier molecular flexibility index (Phi) is 3.71. The molecule has 0 bridgehead atoms. The molecule has 2 aromatic carbocycles. The van der Waals surface area contributed by atoms with Crippen LogP contribution in [0.3, 0.4) is 0 Å². The Labute approximate surface area is 128 Å². The van der Waals surface area contributed by atoms with Crippen LogP contribution in [-0.2, 0) is 6.42 Å². The highest BCUT2D eigenvalue weighted by Gasteiger charge is 2.21. The van der Waals surface area contributed by atoms with Gasteiger partial charge in [0.05, 0.1) is 0 Å². The topological polar surface area (TPSA) is 0 Å². The van der Waals surface area contributed by atoms with Crippen molar-refractivity contribution in [3.63, 3.8) is 0 Å². The van der Waals surface area contributed by atoms with Crippen molar-refractivity contribution in [3.05, 3.63) is 70.6 Å². The van der Waals surface area contributed by atoms with Gasteiger partial charge in [-0.25, -0.2) is 0 Å². The number of benzene rings is 2. The molecule has 1 radical (unpaired) electrons. The molecule has 0 aliphatic heterocycles. The van der Waals surface area contributed by atoms with Crippen LogP contribution in [0.15, 0.2) is 42.0 Å². The predicted octanol–water partition coefficient (Wildman–Crippen LogP) is 5.83. The van der Waals surface area contributed by atoms with E-state index in [2.05, 4.69) is 76.6 Å². The van der Waals surface area contributed by atoms with Crippen LogP contribution in [-0.4, -0.2) is 0 Å². The standard InChI is InChI=1S/C21H23/c1-5-16-10-11-17-12-18(14(2)3)13-20(17)21(16)19-9-7-6-8-15(19)4/h6-14H,5H2,1-4H3. The minimum atomic E-state index is 0.576. The fourth-order valence-corrected chi connectivity index (χ4v) is 3.15. The Morgan fingerprint density at radius 2 is 1.76 bits per heavy atom. The monoisotopic (exact) mass is 275 g/mol. The van der Waals surface area contributed by atoms with E-state index in [4.69, 9.17) is 0 Å². The van der Waals surface area contributed by atoms with E-state index in [1.54, 1.807) is 0 Å². The van der Waals surface area contributed by atoms with Crippen molar-refractivity contribution in [2.45, 2.75) is 34.1 Å². The first-order valence-electron chi connectivity index (χ1n) is 7.90. The minimum Gasteiger partial charge on any atom is -0.0620 e. The average Bonchev–Trinajstić information content (AvgIpc) is 2.91.